The smallest absolute Gasteiger partial charge is 0.266 e. The van der Waals surface area contributed by atoms with E-state index in [2.05, 4.69) is 10.6 Å². The standard InChI is InChI=1S/C23H17N3O5S/c1-30-19-13-14(24-23(32)25-20(27)11-9-15-5-4-12-31-15)8-10-18(19)26-21(28)16-6-2-3-7-17(16)22(26)29/h2-13H,1H3,(H2,24,25,27,32)/b11-9+. The first kappa shape index (κ1) is 21.0. The Labute approximate surface area is 188 Å². The molecule has 9 heteroatoms. The van der Waals surface area contributed by atoms with Gasteiger partial charge in [-0.05, 0) is 54.7 Å². The van der Waals surface area contributed by atoms with Crippen LogP contribution in [0, 0.1) is 0 Å². The fraction of sp³-hybridized carbons (Fsp3) is 0.0435. The van der Waals surface area contributed by atoms with Crippen LogP contribution in [0.15, 0.2) is 71.4 Å². The average molecular weight is 447 g/mol. The van der Waals surface area contributed by atoms with E-state index in [1.54, 1.807) is 54.6 Å². The van der Waals surface area contributed by atoms with Crippen LogP contribution in [0.1, 0.15) is 26.5 Å². The number of imide groups is 1. The molecule has 2 N–H and O–H groups in total. The number of carbonyl (C=O) groups excluding carboxylic acids is 3. The molecule has 0 aliphatic carbocycles. The first-order chi connectivity index (χ1) is 15.5. The van der Waals surface area contributed by atoms with Gasteiger partial charge in [-0.25, -0.2) is 4.90 Å². The van der Waals surface area contributed by atoms with Gasteiger partial charge in [0.15, 0.2) is 5.11 Å². The molecule has 0 spiro atoms. The molecular weight excluding hydrogens is 430 g/mol. The van der Waals surface area contributed by atoms with Crippen molar-refractivity contribution in [2.75, 3.05) is 17.3 Å². The van der Waals surface area contributed by atoms with E-state index in [1.807, 2.05) is 0 Å². The molecule has 0 unspecified atom stereocenters. The van der Waals surface area contributed by atoms with Crippen molar-refractivity contribution in [1.82, 2.24) is 5.32 Å². The number of benzene rings is 2. The Morgan fingerprint density at radius 2 is 1.78 bits per heavy atom. The van der Waals surface area contributed by atoms with Gasteiger partial charge >= 0.3 is 0 Å². The molecule has 0 atom stereocenters. The third kappa shape index (κ3) is 4.14. The van der Waals surface area contributed by atoms with Gasteiger partial charge in [-0.1, -0.05) is 12.1 Å². The monoisotopic (exact) mass is 447 g/mol. The maximum atomic E-state index is 12.8. The molecule has 0 radical (unpaired) electrons. The summed E-state index contributed by atoms with van der Waals surface area (Å²) in [5.41, 5.74) is 1.49. The number of hydrogen-bond donors (Lipinski definition) is 2. The predicted molar refractivity (Wildman–Crippen MR) is 123 cm³/mol. The molecule has 0 saturated carbocycles. The van der Waals surface area contributed by atoms with E-state index in [1.165, 1.54) is 25.5 Å². The van der Waals surface area contributed by atoms with Crippen LogP contribution in [-0.2, 0) is 4.79 Å². The molecule has 1 aromatic heterocycles. The fourth-order valence-electron chi connectivity index (χ4n) is 3.21. The molecule has 0 saturated heterocycles. The van der Waals surface area contributed by atoms with Gasteiger partial charge in [0, 0.05) is 17.8 Å². The Morgan fingerprint density at radius 1 is 1.06 bits per heavy atom. The van der Waals surface area contributed by atoms with E-state index in [-0.39, 0.29) is 10.9 Å². The Bertz CT molecular complexity index is 1220. The van der Waals surface area contributed by atoms with Gasteiger partial charge in [0.2, 0.25) is 5.91 Å². The molecule has 1 aliphatic heterocycles. The number of ether oxygens (including phenoxy) is 1. The van der Waals surface area contributed by atoms with Gasteiger partial charge in [-0.15, -0.1) is 0 Å². The lowest BCUT2D eigenvalue weighted by molar-refractivity contribution is -0.115. The number of thiocarbonyl (C=S) groups is 1. The summed E-state index contributed by atoms with van der Waals surface area (Å²) in [5, 5.41) is 5.45. The number of fused-ring (bicyclic) bond motifs is 1. The molecule has 4 rings (SSSR count). The van der Waals surface area contributed by atoms with E-state index < -0.39 is 17.7 Å². The van der Waals surface area contributed by atoms with Crippen molar-refractivity contribution in [3.05, 3.63) is 83.8 Å². The molecule has 2 aromatic carbocycles. The highest BCUT2D eigenvalue weighted by atomic mass is 32.1. The number of rotatable bonds is 5. The summed E-state index contributed by atoms with van der Waals surface area (Å²) in [6, 6.07) is 14.8. The van der Waals surface area contributed by atoms with E-state index in [0.29, 0.717) is 28.3 Å². The van der Waals surface area contributed by atoms with Gasteiger partial charge in [-0.2, -0.15) is 0 Å². The summed E-state index contributed by atoms with van der Waals surface area (Å²) in [4.78, 5) is 38.6. The van der Waals surface area contributed by atoms with Crippen LogP contribution in [0.4, 0.5) is 11.4 Å². The number of amides is 3. The SMILES string of the molecule is COc1cc(NC(=S)NC(=O)/C=C/c2ccco2)ccc1N1C(=O)c2ccccc2C1=O. The van der Waals surface area contributed by atoms with Gasteiger partial charge in [0.05, 0.1) is 30.2 Å². The molecule has 8 nitrogen and oxygen atoms in total. The van der Waals surface area contributed by atoms with Crippen LogP contribution in [0.25, 0.3) is 6.08 Å². The van der Waals surface area contributed by atoms with Gasteiger partial charge in [-0.3, -0.25) is 19.7 Å². The highest BCUT2D eigenvalue weighted by molar-refractivity contribution is 7.80. The topological polar surface area (TPSA) is 101 Å². The first-order valence-electron chi connectivity index (χ1n) is 9.47. The van der Waals surface area contributed by atoms with Crippen molar-refractivity contribution in [1.29, 1.82) is 0 Å². The molecular formula is C23H17N3O5S. The minimum Gasteiger partial charge on any atom is -0.494 e. The molecule has 3 amide bonds. The van der Waals surface area contributed by atoms with Crippen LogP contribution in [0.3, 0.4) is 0 Å². The summed E-state index contributed by atoms with van der Waals surface area (Å²) >= 11 is 5.17. The minimum absolute atomic E-state index is 0.0645. The summed E-state index contributed by atoms with van der Waals surface area (Å²) in [5.74, 6) is -0.455. The third-order valence-electron chi connectivity index (χ3n) is 4.65. The van der Waals surface area contributed by atoms with Crippen LogP contribution in [0.5, 0.6) is 5.75 Å². The summed E-state index contributed by atoms with van der Waals surface area (Å²) in [7, 11) is 1.43. The Morgan fingerprint density at radius 3 is 2.41 bits per heavy atom. The normalized spacial score (nSPS) is 12.7. The van der Waals surface area contributed by atoms with Crippen molar-refractivity contribution in [3.63, 3.8) is 0 Å². The molecule has 0 fully saturated rings. The zero-order valence-corrected chi connectivity index (χ0v) is 17.6. The van der Waals surface area contributed by atoms with E-state index >= 15 is 0 Å². The van der Waals surface area contributed by atoms with Gasteiger partial charge in [0.25, 0.3) is 11.8 Å². The van der Waals surface area contributed by atoms with Crippen molar-refractivity contribution in [2.24, 2.45) is 0 Å². The van der Waals surface area contributed by atoms with Crippen LogP contribution in [-0.4, -0.2) is 29.9 Å². The predicted octanol–water partition coefficient (Wildman–Crippen LogP) is 3.62. The number of nitrogens with one attached hydrogen (secondary N) is 2. The number of carbonyl (C=O) groups is 3. The minimum atomic E-state index is -0.437. The van der Waals surface area contributed by atoms with Crippen LogP contribution >= 0.6 is 12.2 Å². The highest BCUT2D eigenvalue weighted by Crippen LogP contribution is 2.36. The summed E-state index contributed by atoms with van der Waals surface area (Å²) in [6.45, 7) is 0. The van der Waals surface area contributed by atoms with Gasteiger partial charge < -0.3 is 14.5 Å². The molecule has 32 heavy (non-hydrogen) atoms. The molecule has 0 bridgehead atoms. The number of hydrogen-bond acceptors (Lipinski definition) is 6. The van der Waals surface area contributed by atoms with E-state index in [0.717, 1.165) is 4.90 Å². The molecule has 160 valence electrons. The second kappa shape index (κ2) is 8.86. The van der Waals surface area contributed by atoms with Crippen molar-refractivity contribution in [2.45, 2.75) is 0 Å². The number of furan rings is 1. The maximum absolute atomic E-state index is 12.8. The van der Waals surface area contributed by atoms with Crippen LogP contribution < -0.4 is 20.3 Å². The Kier molecular flexibility index (Phi) is 5.82. The highest BCUT2D eigenvalue weighted by Gasteiger charge is 2.37. The lowest BCUT2D eigenvalue weighted by atomic mass is 10.1. The number of nitrogens with zero attached hydrogens (tertiary/aromatic N) is 1. The summed E-state index contributed by atoms with van der Waals surface area (Å²) < 4.78 is 10.5. The number of methoxy groups -OCH3 is 1. The largest absolute Gasteiger partial charge is 0.494 e. The fourth-order valence-corrected chi connectivity index (χ4v) is 3.43. The summed E-state index contributed by atoms with van der Waals surface area (Å²) in [6.07, 6.45) is 4.30. The molecule has 3 aromatic rings. The lowest BCUT2D eigenvalue weighted by Gasteiger charge is -2.18. The van der Waals surface area contributed by atoms with Gasteiger partial charge in [0.1, 0.15) is 11.5 Å². The number of anilines is 2. The second-order valence-corrected chi connectivity index (χ2v) is 7.08. The van der Waals surface area contributed by atoms with Crippen molar-refractivity contribution < 1.29 is 23.5 Å². The first-order valence-corrected chi connectivity index (χ1v) is 9.88. The van der Waals surface area contributed by atoms with Crippen molar-refractivity contribution in [3.8, 4) is 5.75 Å². The maximum Gasteiger partial charge on any atom is 0.266 e. The Balaban J connectivity index is 1.47. The zero-order valence-electron chi connectivity index (χ0n) is 16.8. The lowest BCUT2D eigenvalue weighted by Crippen LogP contribution is -2.33. The van der Waals surface area contributed by atoms with Crippen LogP contribution in [0.2, 0.25) is 0 Å². The van der Waals surface area contributed by atoms with E-state index in [9.17, 15) is 14.4 Å². The molecule has 1 aliphatic rings. The Hall–Kier alpha value is -4.24. The molecule has 2 heterocycles. The van der Waals surface area contributed by atoms with Crippen molar-refractivity contribution >= 4 is 52.5 Å². The average Bonchev–Trinajstić information content (AvgIpc) is 3.39. The van der Waals surface area contributed by atoms with E-state index in [4.69, 9.17) is 21.4 Å². The zero-order chi connectivity index (χ0) is 22.7. The third-order valence-corrected chi connectivity index (χ3v) is 4.86. The quantitative estimate of drug-likeness (QED) is 0.350. The second-order valence-electron chi connectivity index (χ2n) is 6.67.